The molecule has 0 aliphatic rings. The summed E-state index contributed by atoms with van der Waals surface area (Å²) in [6, 6.07) is 7.11. The summed E-state index contributed by atoms with van der Waals surface area (Å²) in [5.74, 6) is 0.0907. The van der Waals surface area contributed by atoms with Gasteiger partial charge in [0, 0.05) is 6.54 Å². The SMILES string of the molecule is CNCC(C(C)C)S(=O)(=O)c1cccc(C)c1. The number of aryl methyl sites for hydroxylation is 1. The Morgan fingerprint density at radius 3 is 2.41 bits per heavy atom. The molecule has 0 aliphatic heterocycles. The van der Waals surface area contributed by atoms with Crippen molar-refractivity contribution >= 4 is 9.84 Å². The third-order valence-electron chi connectivity index (χ3n) is 2.87. The van der Waals surface area contributed by atoms with Gasteiger partial charge in [0.15, 0.2) is 9.84 Å². The van der Waals surface area contributed by atoms with E-state index in [-0.39, 0.29) is 11.2 Å². The van der Waals surface area contributed by atoms with Gasteiger partial charge in [0.2, 0.25) is 0 Å². The summed E-state index contributed by atoms with van der Waals surface area (Å²) in [4.78, 5) is 0.423. The molecule has 0 saturated heterocycles. The largest absolute Gasteiger partial charge is 0.318 e. The lowest BCUT2D eigenvalue weighted by molar-refractivity contribution is 0.516. The molecule has 0 bridgehead atoms. The summed E-state index contributed by atoms with van der Waals surface area (Å²) >= 11 is 0. The predicted octanol–water partition coefficient (Wildman–Crippen LogP) is 2.01. The van der Waals surface area contributed by atoms with Crippen LogP contribution < -0.4 is 5.32 Å². The van der Waals surface area contributed by atoms with E-state index in [1.54, 1.807) is 25.2 Å². The van der Waals surface area contributed by atoms with Crippen LogP contribution in [-0.2, 0) is 9.84 Å². The molecule has 1 atom stereocenters. The maximum absolute atomic E-state index is 12.5. The third kappa shape index (κ3) is 3.30. The van der Waals surface area contributed by atoms with Crippen LogP contribution in [0.3, 0.4) is 0 Å². The first-order valence-corrected chi connectivity index (χ1v) is 7.39. The Morgan fingerprint density at radius 1 is 1.29 bits per heavy atom. The van der Waals surface area contributed by atoms with Gasteiger partial charge in [-0.05, 0) is 37.6 Å². The second-order valence-electron chi connectivity index (χ2n) is 4.70. The molecule has 1 aromatic rings. The van der Waals surface area contributed by atoms with Gasteiger partial charge in [-0.3, -0.25) is 0 Å². The van der Waals surface area contributed by atoms with E-state index in [0.717, 1.165) is 5.56 Å². The van der Waals surface area contributed by atoms with Crippen LogP contribution in [0.4, 0.5) is 0 Å². The monoisotopic (exact) mass is 255 g/mol. The van der Waals surface area contributed by atoms with Crippen LogP contribution in [0.15, 0.2) is 29.2 Å². The zero-order chi connectivity index (χ0) is 13.1. The van der Waals surface area contributed by atoms with E-state index < -0.39 is 9.84 Å². The molecule has 0 radical (unpaired) electrons. The average molecular weight is 255 g/mol. The van der Waals surface area contributed by atoms with Gasteiger partial charge in [0.05, 0.1) is 10.1 Å². The van der Waals surface area contributed by atoms with Crippen LogP contribution in [0.2, 0.25) is 0 Å². The second kappa shape index (κ2) is 5.65. The first kappa shape index (κ1) is 14.2. The number of hydrogen-bond donors (Lipinski definition) is 1. The molecule has 96 valence electrons. The Balaban J connectivity index is 3.16. The van der Waals surface area contributed by atoms with E-state index in [1.807, 2.05) is 26.8 Å². The van der Waals surface area contributed by atoms with E-state index in [2.05, 4.69) is 5.32 Å². The van der Waals surface area contributed by atoms with E-state index in [0.29, 0.717) is 11.4 Å². The van der Waals surface area contributed by atoms with Gasteiger partial charge in [-0.2, -0.15) is 0 Å². The van der Waals surface area contributed by atoms with Crippen molar-refractivity contribution in [2.24, 2.45) is 5.92 Å². The second-order valence-corrected chi connectivity index (χ2v) is 6.87. The van der Waals surface area contributed by atoms with Crippen molar-refractivity contribution in [3.8, 4) is 0 Å². The van der Waals surface area contributed by atoms with Gasteiger partial charge in [-0.15, -0.1) is 0 Å². The zero-order valence-corrected chi connectivity index (χ0v) is 11.7. The van der Waals surface area contributed by atoms with Crippen LogP contribution in [0.1, 0.15) is 19.4 Å². The van der Waals surface area contributed by atoms with Crippen LogP contribution in [0.25, 0.3) is 0 Å². The van der Waals surface area contributed by atoms with E-state index in [4.69, 9.17) is 0 Å². The summed E-state index contributed by atoms with van der Waals surface area (Å²) < 4.78 is 25.0. The fraction of sp³-hybridized carbons (Fsp3) is 0.538. The molecule has 1 unspecified atom stereocenters. The smallest absolute Gasteiger partial charge is 0.182 e. The minimum atomic E-state index is -3.25. The van der Waals surface area contributed by atoms with Crippen molar-refractivity contribution in [1.82, 2.24) is 5.32 Å². The van der Waals surface area contributed by atoms with Gasteiger partial charge >= 0.3 is 0 Å². The summed E-state index contributed by atoms with van der Waals surface area (Å²) in [6.07, 6.45) is 0. The summed E-state index contributed by atoms with van der Waals surface area (Å²) in [6.45, 7) is 6.26. The average Bonchev–Trinajstić information content (AvgIpc) is 2.25. The molecule has 1 aromatic carbocycles. The summed E-state index contributed by atoms with van der Waals surface area (Å²) in [5, 5.41) is 2.58. The highest BCUT2D eigenvalue weighted by molar-refractivity contribution is 7.92. The van der Waals surface area contributed by atoms with Crippen molar-refractivity contribution in [2.75, 3.05) is 13.6 Å². The van der Waals surface area contributed by atoms with Gasteiger partial charge in [0.1, 0.15) is 0 Å². The fourth-order valence-electron chi connectivity index (χ4n) is 1.87. The summed E-state index contributed by atoms with van der Waals surface area (Å²) in [5.41, 5.74) is 0.970. The molecular formula is C13H21NO2S. The molecule has 1 rings (SSSR count). The van der Waals surface area contributed by atoms with Crippen molar-refractivity contribution in [3.63, 3.8) is 0 Å². The van der Waals surface area contributed by atoms with Crippen molar-refractivity contribution in [2.45, 2.75) is 30.9 Å². The third-order valence-corrected chi connectivity index (χ3v) is 5.28. The lowest BCUT2D eigenvalue weighted by Gasteiger charge is -2.21. The Bertz CT molecular complexity index is 466. The molecule has 0 aromatic heterocycles. The first-order valence-electron chi connectivity index (χ1n) is 5.84. The van der Waals surface area contributed by atoms with Gasteiger partial charge in [0.25, 0.3) is 0 Å². The molecule has 0 saturated carbocycles. The van der Waals surface area contributed by atoms with Crippen LogP contribution in [-0.4, -0.2) is 27.3 Å². The van der Waals surface area contributed by atoms with Crippen molar-refractivity contribution < 1.29 is 8.42 Å². The molecule has 0 heterocycles. The fourth-order valence-corrected chi connectivity index (χ4v) is 3.94. The molecule has 4 heteroatoms. The number of nitrogens with one attached hydrogen (secondary N) is 1. The zero-order valence-electron chi connectivity index (χ0n) is 10.9. The molecule has 0 aliphatic carbocycles. The summed E-state index contributed by atoms with van der Waals surface area (Å²) in [7, 11) is -1.47. The highest BCUT2D eigenvalue weighted by Gasteiger charge is 2.29. The highest BCUT2D eigenvalue weighted by atomic mass is 32.2. The Morgan fingerprint density at radius 2 is 1.94 bits per heavy atom. The Kier molecular flexibility index (Phi) is 4.71. The molecule has 0 amide bonds. The lowest BCUT2D eigenvalue weighted by Crippen LogP contribution is -2.36. The highest BCUT2D eigenvalue weighted by Crippen LogP contribution is 2.21. The number of rotatable bonds is 5. The van der Waals surface area contributed by atoms with Crippen LogP contribution in [0.5, 0.6) is 0 Å². The van der Waals surface area contributed by atoms with Gasteiger partial charge in [-0.1, -0.05) is 26.0 Å². The predicted molar refractivity (Wildman–Crippen MR) is 70.9 cm³/mol. The minimum absolute atomic E-state index is 0.0907. The lowest BCUT2D eigenvalue weighted by atomic mass is 10.1. The molecule has 0 fully saturated rings. The van der Waals surface area contributed by atoms with Crippen molar-refractivity contribution in [1.29, 1.82) is 0 Å². The standard InChI is InChI=1S/C13H21NO2S/c1-10(2)13(9-14-4)17(15,16)12-7-5-6-11(3)8-12/h5-8,10,13-14H,9H2,1-4H3. The van der Waals surface area contributed by atoms with Crippen molar-refractivity contribution in [3.05, 3.63) is 29.8 Å². The number of hydrogen-bond acceptors (Lipinski definition) is 3. The Labute approximate surface area is 104 Å². The van der Waals surface area contributed by atoms with Gasteiger partial charge < -0.3 is 5.32 Å². The van der Waals surface area contributed by atoms with E-state index in [9.17, 15) is 8.42 Å². The molecular weight excluding hydrogens is 234 g/mol. The van der Waals surface area contributed by atoms with Crippen LogP contribution in [0, 0.1) is 12.8 Å². The van der Waals surface area contributed by atoms with Gasteiger partial charge in [-0.25, -0.2) is 8.42 Å². The first-order chi connectivity index (χ1) is 7.89. The maximum atomic E-state index is 12.5. The maximum Gasteiger partial charge on any atom is 0.182 e. The number of benzene rings is 1. The molecule has 3 nitrogen and oxygen atoms in total. The molecule has 0 spiro atoms. The minimum Gasteiger partial charge on any atom is -0.318 e. The topological polar surface area (TPSA) is 46.2 Å². The van der Waals surface area contributed by atoms with E-state index in [1.165, 1.54) is 0 Å². The Hall–Kier alpha value is -0.870. The molecule has 1 N–H and O–H groups in total. The van der Waals surface area contributed by atoms with E-state index >= 15 is 0 Å². The normalized spacial score (nSPS) is 13.9. The molecule has 17 heavy (non-hydrogen) atoms. The van der Waals surface area contributed by atoms with Crippen LogP contribution >= 0.6 is 0 Å². The quantitative estimate of drug-likeness (QED) is 0.875. The number of sulfone groups is 1.